The second-order valence-electron chi connectivity index (χ2n) is 7.74. The fourth-order valence-electron chi connectivity index (χ4n) is 4.20. The molecule has 1 fully saturated rings. The van der Waals surface area contributed by atoms with Crippen molar-refractivity contribution >= 4 is 23.3 Å². The van der Waals surface area contributed by atoms with E-state index < -0.39 is 23.3 Å². The monoisotopic (exact) mass is 402 g/mol. The fourth-order valence-corrected chi connectivity index (χ4v) is 4.20. The van der Waals surface area contributed by atoms with Crippen molar-refractivity contribution in [2.24, 2.45) is 5.92 Å². The Morgan fingerprint density at radius 2 is 1.66 bits per heavy atom. The fraction of sp³-hybridized carbons (Fsp3) is 0.545. The van der Waals surface area contributed by atoms with Crippen molar-refractivity contribution in [3.8, 4) is 11.5 Å². The molecule has 0 saturated heterocycles. The highest BCUT2D eigenvalue weighted by Crippen LogP contribution is 2.34. The lowest BCUT2D eigenvalue weighted by Crippen LogP contribution is -2.32. The van der Waals surface area contributed by atoms with E-state index in [-0.39, 0.29) is 49.0 Å². The normalized spacial score (nSPS) is 24.2. The molecule has 1 aliphatic carbocycles. The van der Waals surface area contributed by atoms with Crippen LogP contribution in [0.5, 0.6) is 11.5 Å². The number of aromatic hydroxyl groups is 1. The molecule has 29 heavy (non-hydrogen) atoms. The molecule has 0 bridgehead atoms. The van der Waals surface area contributed by atoms with Crippen LogP contribution in [0.2, 0.25) is 0 Å². The molecule has 156 valence electrons. The number of aryl methyl sites for hydroxylation is 1. The first-order valence-electron chi connectivity index (χ1n) is 10.1. The highest BCUT2D eigenvalue weighted by molar-refractivity contribution is 6.63. The number of phenols is 1. The molecule has 1 aromatic carbocycles. The van der Waals surface area contributed by atoms with Gasteiger partial charge in [0, 0.05) is 18.9 Å². The van der Waals surface area contributed by atoms with Gasteiger partial charge in [-0.15, -0.1) is 0 Å². The lowest BCUT2D eigenvalue weighted by molar-refractivity contribution is -0.144. The summed E-state index contributed by atoms with van der Waals surface area (Å²) in [7, 11) is 1.45. The summed E-state index contributed by atoms with van der Waals surface area (Å²) in [6.45, 7) is 0. The second-order valence-corrected chi connectivity index (χ2v) is 7.74. The highest BCUT2D eigenvalue weighted by atomic mass is 16.5. The minimum atomic E-state index is -0.944. The van der Waals surface area contributed by atoms with Gasteiger partial charge in [-0.3, -0.25) is 14.4 Å². The molecule has 1 heterocycles. The Kier molecular flexibility index (Phi) is 6.67. The van der Waals surface area contributed by atoms with Gasteiger partial charge in [-0.1, -0.05) is 6.42 Å². The van der Waals surface area contributed by atoms with Gasteiger partial charge in [0.1, 0.15) is 23.2 Å². The van der Waals surface area contributed by atoms with E-state index in [2.05, 4.69) is 0 Å². The van der Waals surface area contributed by atoms with Crippen LogP contribution in [0.3, 0.4) is 0 Å². The zero-order valence-electron chi connectivity index (χ0n) is 16.6. The Bertz CT molecular complexity index is 827. The maximum Gasteiger partial charge on any atom is 0.342 e. The van der Waals surface area contributed by atoms with Crippen molar-refractivity contribution in [3.05, 3.63) is 23.3 Å². The Hall–Kier alpha value is -2.70. The topological polar surface area (TPSA) is 107 Å². The van der Waals surface area contributed by atoms with Gasteiger partial charge in [-0.25, -0.2) is 4.79 Å². The third kappa shape index (κ3) is 4.83. The van der Waals surface area contributed by atoms with Crippen LogP contribution in [0.4, 0.5) is 0 Å². The van der Waals surface area contributed by atoms with E-state index >= 15 is 0 Å². The second kappa shape index (κ2) is 9.20. The largest absolute Gasteiger partial charge is 0.507 e. The first-order valence-corrected chi connectivity index (χ1v) is 10.1. The molecule has 0 unspecified atom stereocenters. The molecular weight excluding hydrogens is 376 g/mol. The van der Waals surface area contributed by atoms with E-state index in [0.717, 1.165) is 19.3 Å². The van der Waals surface area contributed by atoms with Crippen molar-refractivity contribution < 1.29 is 33.8 Å². The summed E-state index contributed by atoms with van der Waals surface area (Å²) in [6.07, 6.45) is 3.75. The third-order valence-electron chi connectivity index (χ3n) is 5.81. The summed E-state index contributed by atoms with van der Waals surface area (Å²) in [5.74, 6) is -2.83. The van der Waals surface area contributed by atoms with Gasteiger partial charge in [-0.2, -0.15) is 0 Å². The van der Waals surface area contributed by atoms with Crippen molar-refractivity contribution in [2.75, 3.05) is 7.11 Å². The van der Waals surface area contributed by atoms with Crippen LogP contribution in [-0.2, 0) is 25.5 Å². The third-order valence-corrected chi connectivity index (χ3v) is 5.81. The van der Waals surface area contributed by atoms with Crippen LogP contribution in [0, 0.1) is 5.92 Å². The molecule has 1 N–H and O–H groups in total. The van der Waals surface area contributed by atoms with Gasteiger partial charge in [0.05, 0.1) is 7.11 Å². The number of hydrogen-bond donors (Lipinski definition) is 1. The van der Waals surface area contributed by atoms with Gasteiger partial charge in [0.15, 0.2) is 0 Å². The number of rotatable bonds is 1. The minimum absolute atomic E-state index is 0.0116. The van der Waals surface area contributed by atoms with E-state index in [1.54, 1.807) is 6.07 Å². The number of benzene rings is 1. The summed E-state index contributed by atoms with van der Waals surface area (Å²) in [5.41, 5.74) is 0.560. The van der Waals surface area contributed by atoms with Crippen molar-refractivity contribution in [1.29, 1.82) is 0 Å². The predicted molar refractivity (Wildman–Crippen MR) is 103 cm³/mol. The van der Waals surface area contributed by atoms with E-state index in [0.29, 0.717) is 24.2 Å². The molecule has 1 aliphatic heterocycles. The Labute approximate surface area is 169 Å². The van der Waals surface area contributed by atoms with Crippen LogP contribution in [0.1, 0.15) is 67.3 Å². The van der Waals surface area contributed by atoms with Crippen LogP contribution in [-0.4, -0.2) is 41.6 Å². The van der Waals surface area contributed by atoms with Crippen LogP contribution in [0.15, 0.2) is 12.1 Å². The summed E-state index contributed by atoms with van der Waals surface area (Å²) in [4.78, 5) is 49.2. The van der Waals surface area contributed by atoms with Crippen LogP contribution in [0.25, 0.3) is 0 Å². The molecule has 2 aliphatic rings. The molecule has 0 aromatic heterocycles. The average molecular weight is 402 g/mol. The average Bonchev–Trinajstić information content (AvgIpc) is 2.71. The standard InChI is InChI=1S/C22H26O7/c1-28-15-11-14-6-4-7-16(23)21(26)17(24)10-9-13-5-2-3-8-19(13)29-22(27)20(14)18(25)12-15/h11-13,19,25H,2-10H2,1H3/t13-,19+/m1/s1. The van der Waals surface area contributed by atoms with Gasteiger partial charge in [-0.05, 0) is 56.1 Å². The number of carbonyl (C=O) groups is 4. The molecule has 7 nitrogen and oxygen atoms in total. The summed E-state index contributed by atoms with van der Waals surface area (Å²) in [5, 5.41) is 10.4. The maximum atomic E-state index is 12.9. The van der Waals surface area contributed by atoms with E-state index in [4.69, 9.17) is 9.47 Å². The number of Topliss-reactive ketones (excluding diaryl/α,β-unsaturated/α-hetero) is 3. The first kappa shape index (κ1) is 21.0. The van der Waals surface area contributed by atoms with Crippen LogP contribution < -0.4 is 4.74 Å². The SMILES string of the molecule is COc1cc(O)c2c(c1)CCCC(=O)C(=O)C(=O)CC[C@H]1CCCC[C@@H]1OC2=O. The maximum absolute atomic E-state index is 12.9. The van der Waals surface area contributed by atoms with Crippen molar-refractivity contribution in [1.82, 2.24) is 0 Å². The number of esters is 1. The van der Waals surface area contributed by atoms with Gasteiger partial charge < -0.3 is 14.6 Å². The number of hydrogen-bond acceptors (Lipinski definition) is 7. The summed E-state index contributed by atoms with van der Waals surface area (Å²) in [6, 6.07) is 2.98. The molecular formula is C22H26O7. The van der Waals surface area contributed by atoms with E-state index in [1.807, 2.05) is 0 Å². The molecule has 0 radical (unpaired) electrons. The highest BCUT2D eigenvalue weighted by Gasteiger charge is 2.32. The van der Waals surface area contributed by atoms with E-state index in [9.17, 15) is 24.3 Å². The van der Waals surface area contributed by atoms with Crippen LogP contribution >= 0.6 is 0 Å². The van der Waals surface area contributed by atoms with Gasteiger partial charge in [0.25, 0.3) is 5.78 Å². The van der Waals surface area contributed by atoms with Gasteiger partial charge >= 0.3 is 5.97 Å². The molecule has 2 atom stereocenters. The smallest absolute Gasteiger partial charge is 0.342 e. The molecule has 1 saturated carbocycles. The molecule has 3 rings (SSSR count). The van der Waals surface area contributed by atoms with Crippen molar-refractivity contribution in [3.63, 3.8) is 0 Å². The number of carbonyl (C=O) groups excluding carboxylic acids is 4. The van der Waals surface area contributed by atoms with Crippen molar-refractivity contribution in [2.45, 2.75) is 63.9 Å². The lowest BCUT2D eigenvalue weighted by Gasteiger charge is -2.31. The minimum Gasteiger partial charge on any atom is -0.507 e. The molecule has 0 spiro atoms. The molecule has 7 heteroatoms. The number of ether oxygens (including phenoxy) is 2. The number of ketones is 3. The number of phenolic OH excluding ortho intramolecular Hbond substituents is 1. The molecule has 1 aromatic rings. The van der Waals surface area contributed by atoms with E-state index in [1.165, 1.54) is 13.2 Å². The number of methoxy groups -OCH3 is 1. The Morgan fingerprint density at radius 3 is 2.41 bits per heavy atom. The van der Waals surface area contributed by atoms with Gasteiger partial charge in [0.2, 0.25) is 11.6 Å². The molecule has 0 amide bonds. The number of fused-ring (bicyclic) bond motifs is 2. The predicted octanol–water partition coefficient (Wildman–Crippen LogP) is 2.94. The first-order chi connectivity index (χ1) is 13.9. The Balaban J connectivity index is 1.95. The zero-order valence-corrected chi connectivity index (χ0v) is 16.6. The zero-order chi connectivity index (χ0) is 21.0. The summed E-state index contributed by atoms with van der Waals surface area (Å²) < 4.78 is 10.9. The summed E-state index contributed by atoms with van der Waals surface area (Å²) >= 11 is 0. The Morgan fingerprint density at radius 1 is 0.931 bits per heavy atom. The lowest BCUT2D eigenvalue weighted by atomic mass is 9.82. The quantitative estimate of drug-likeness (QED) is 0.568.